The van der Waals surface area contributed by atoms with Crippen LogP contribution in [0.25, 0.3) is 11.0 Å². The van der Waals surface area contributed by atoms with E-state index in [1.807, 2.05) is 5.41 Å². The first-order chi connectivity index (χ1) is 13.2. The van der Waals surface area contributed by atoms with Crippen molar-refractivity contribution >= 4 is 44.3 Å². The van der Waals surface area contributed by atoms with Gasteiger partial charge in [0, 0.05) is 35.8 Å². The van der Waals surface area contributed by atoms with E-state index in [2.05, 4.69) is 10.6 Å². The Hall–Kier alpha value is -2.30. The van der Waals surface area contributed by atoms with Crippen LogP contribution in [0.2, 0.25) is 0 Å². The van der Waals surface area contributed by atoms with Gasteiger partial charge in [-0.05, 0) is 37.0 Å². The third kappa shape index (κ3) is 5.37. The number of ketones is 1. The smallest absolute Gasteiger partial charge is 0.342 e. The molecule has 0 radical (unpaired) electrons. The van der Waals surface area contributed by atoms with E-state index < -0.39 is 15.7 Å². The second-order valence-electron chi connectivity index (χ2n) is 6.49. The number of anilines is 1. The second-order valence-corrected chi connectivity index (χ2v) is 9.04. The van der Waals surface area contributed by atoms with Gasteiger partial charge >= 0.3 is 5.63 Å². The number of allylic oxidation sites excluding steroid dienone is 1. The lowest BCUT2D eigenvalue weighted by Gasteiger charge is -2.12. The zero-order chi connectivity index (χ0) is 20.3. The molecule has 0 bridgehead atoms. The molecule has 0 amide bonds. The Kier molecular flexibility index (Phi) is 6.11. The Morgan fingerprint density at radius 1 is 1.36 bits per heavy atom. The van der Waals surface area contributed by atoms with Crippen LogP contribution in [-0.2, 0) is 14.9 Å². The lowest BCUT2D eigenvalue weighted by atomic mass is 10.1. The molecule has 2 aromatic rings. The fourth-order valence-corrected chi connectivity index (χ4v) is 4.30. The van der Waals surface area contributed by atoms with E-state index in [0.29, 0.717) is 29.8 Å². The number of Topliss-reactive ketones (excluding diaryl/α,β-unsaturated/α-hetero) is 1. The summed E-state index contributed by atoms with van der Waals surface area (Å²) < 4.78 is 35.6. The minimum atomic E-state index is -3.97. The Morgan fingerprint density at radius 2 is 2.14 bits per heavy atom. The van der Waals surface area contributed by atoms with E-state index >= 15 is 0 Å². The van der Waals surface area contributed by atoms with Gasteiger partial charge in [0.15, 0.2) is 0 Å². The van der Waals surface area contributed by atoms with Crippen LogP contribution in [-0.4, -0.2) is 31.1 Å². The summed E-state index contributed by atoms with van der Waals surface area (Å²) in [6.07, 6.45) is 0.551. The van der Waals surface area contributed by atoms with E-state index in [-0.39, 0.29) is 23.3 Å². The van der Waals surface area contributed by atoms with Crippen LogP contribution in [0.5, 0.6) is 0 Å². The number of carbonyl (C=O) groups is 1. The minimum Gasteiger partial charge on any atom is -0.422 e. The van der Waals surface area contributed by atoms with E-state index in [4.69, 9.17) is 8.97 Å². The number of rotatable bonds is 8. The third-order valence-corrected chi connectivity index (χ3v) is 5.92. The zero-order valence-electron chi connectivity index (χ0n) is 15.1. The molecule has 0 saturated carbocycles. The maximum atomic E-state index is 12.4. The number of benzene rings is 1. The first kappa shape index (κ1) is 20.4. The summed E-state index contributed by atoms with van der Waals surface area (Å²) in [6.45, 7) is 1.86. The lowest BCUT2D eigenvalue weighted by Crippen LogP contribution is -2.20. The fourth-order valence-electron chi connectivity index (χ4n) is 2.81. The summed E-state index contributed by atoms with van der Waals surface area (Å²) in [5.41, 5.74) is 1.89. The maximum Gasteiger partial charge on any atom is 0.342 e. The van der Waals surface area contributed by atoms with Crippen LogP contribution in [0, 0.1) is 0 Å². The summed E-state index contributed by atoms with van der Waals surface area (Å²) >= 11 is 1.42. The Bertz CT molecular complexity index is 1090. The molecule has 1 aromatic carbocycles. The van der Waals surface area contributed by atoms with Crippen LogP contribution in [0.4, 0.5) is 5.69 Å². The van der Waals surface area contributed by atoms with Crippen molar-refractivity contribution in [3.8, 4) is 0 Å². The first-order valence-electron chi connectivity index (χ1n) is 8.58. The third-order valence-electron chi connectivity index (χ3n) is 4.06. The van der Waals surface area contributed by atoms with Crippen molar-refractivity contribution in [2.24, 2.45) is 0 Å². The second kappa shape index (κ2) is 8.38. The molecule has 1 aliphatic rings. The van der Waals surface area contributed by atoms with Crippen molar-refractivity contribution in [1.82, 2.24) is 5.32 Å². The van der Waals surface area contributed by atoms with Crippen LogP contribution in [0.1, 0.15) is 30.7 Å². The van der Waals surface area contributed by atoms with Crippen LogP contribution in [0.15, 0.2) is 44.6 Å². The van der Waals surface area contributed by atoms with Crippen molar-refractivity contribution in [3.63, 3.8) is 0 Å². The van der Waals surface area contributed by atoms with Crippen molar-refractivity contribution in [2.45, 2.75) is 25.1 Å². The summed E-state index contributed by atoms with van der Waals surface area (Å²) in [5.74, 6) is -0.278. The van der Waals surface area contributed by atoms with E-state index in [0.717, 1.165) is 11.1 Å². The lowest BCUT2D eigenvalue weighted by molar-refractivity contribution is -0.116. The quantitative estimate of drug-likeness (QED) is 0.333. The van der Waals surface area contributed by atoms with E-state index in [1.54, 1.807) is 24.3 Å². The summed E-state index contributed by atoms with van der Waals surface area (Å²) in [6, 6.07) is 7.03. The van der Waals surface area contributed by atoms with Crippen LogP contribution >= 0.6 is 11.8 Å². The van der Waals surface area contributed by atoms with Gasteiger partial charge in [-0.2, -0.15) is 8.42 Å². The number of carbonyl (C=O) groups excluding carboxylic acids is 1. The molecule has 28 heavy (non-hydrogen) atoms. The van der Waals surface area contributed by atoms with Gasteiger partial charge in [0.25, 0.3) is 10.1 Å². The van der Waals surface area contributed by atoms with Gasteiger partial charge in [-0.3, -0.25) is 9.35 Å². The predicted molar refractivity (Wildman–Crippen MR) is 109 cm³/mol. The molecule has 1 aromatic heterocycles. The van der Waals surface area contributed by atoms with Crippen molar-refractivity contribution in [2.75, 3.05) is 17.6 Å². The molecule has 1 aliphatic heterocycles. The summed E-state index contributed by atoms with van der Waals surface area (Å²) in [7, 11) is -3.97. The molecule has 150 valence electrons. The van der Waals surface area contributed by atoms with Crippen LogP contribution in [0.3, 0.4) is 0 Å². The average Bonchev–Trinajstić information content (AvgIpc) is 3.04. The van der Waals surface area contributed by atoms with Crippen LogP contribution < -0.4 is 16.3 Å². The molecular formula is C18H20N2O6S2. The predicted octanol–water partition coefficient (Wildman–Crippen LogP) is 2.64. The number of fused-ring (bicyclic) bond motifs is 1. The van der Waals surface area contributed by atoms with Gasteiger partial charge in [-0.15, -0.1) is 11.8 Å². The highest BCUT2D eigenvalue weighted by molar-refractivity contribution is 8.02. The number of thioether (sulfide) groups is 1. The van der Waals surface area contributed by atoms with E-state index in [9.17, 15) is 18.0 Å². The van der Waals surface area contributed by atoms with Gasteiger partial charge in [0.1, 0.15) is 16.7 Å². The molecule has 0 saturated heterocycles. The number of nitrogens with one attached hydrogen (secondary N) is 2. The van der Waals surface area contributed by atoms with E-state index in [1.165, 1.54) is 18.7 Å². The fraction of sp³-hybridized carbons (Fsp3) is 0.333. The molecule has 3 N–H and O–H groups in total. The van der Waals surface area contributed by atoms with Gasteiger partial charge in [-0.1, -0.05) is 0 Å². The molecule has 0 spiro atoms. The zero-order valence-corrected chi connectivity index (χ0v) is 16.7. The normalized spacial score (nSPS) is 16.6. The average molecular weight is 425 g/mol. The SMILES string of the molecule is CC(=O)CC1=CSC(c2cc3ccc(NCCCS(=O)(=O)O)cc3oc2=O)N1. The molecule has 0 aliphatic carbocycles. The van der Waals surface area contributed by atoms with Crippen molar-refractivity contribution < 1.29 is 22.2 Å². The highest BCUT2D eigenvalue weighted by atomic mass is 32.2. The van der Waals surface area contributed by atoms with Gasteiger partial charge in [0.05, 0.1) is 11.3 Å². The van der Waals surface area contributed by atoms with Crippen molar-refractivity contribution in [3.05, 3.63) is 51.4 Å². The first-order valence-corrected chi connectivity index (χ1v) is 11.1. The minimum absolute atomic E-state index is 0.0437. The largest absolute Gasteiger partial charge is 0.422 e. The molecular weight excluding hydrogens is 404 g/mol. The van der Waals surface area contributed by atoms with Crippen molar-refractivity contribution in [1.29, 1.82) is 0 Å². The van der Waals surface area contributed by atoms with Gasteiger partial charge in [-0.25, -0.2) is 4.79 Å². The monoisotopic (exact) mass is 424 g/mol. The molecule has 0 fully saturated rings. The Labute approximate surface area is 166 Å². The standard InChI is InChI=1S/C18H20N2O6S2/c1-11(21)7-14-10-27-17(20-14)15-8-12-3-4-13(9-16(12)26-18(15)22)19-5-2-6-28(23,24)25/h3-4,8-10,17,19-20H,2,5-7H2,1H3,(H,23,24,25). The molecule has 1 unspecified atom stereocenters. The Morgan fingerprint density at radius 3 is 2.86 bits per heavy atom. The molecule has 2 heterocycles. The highest BCUT2D eigenvalue weighted by Crippen LogP contribution is 2.34. The molecule has 8 nitrogen and oxygen atoms in total. The number of hydrogen-bond donors (Lipinski definition) is 3. The summed E-state index contributed by atoms with van der Waals surface area (Å²) in [5, 5.41) is 8.49. The molecule has 10 heteroatoms. The van der Waals surface area contributed by atoms with Gasteiger partial charge in [0.2, 0.25) is 0 Å². The molecule has 3 rings (SSSR count). The maximum absolute atomic E-state index is 12.4. The highest BCUT2D eigenvalue weighted by Gasteiger charge is 2.23. The number of hydrogen-bond acceptors (Lipinski definition) is 8. The van der Waals surface area contributed by atoms with Gasteiger partial charge < -0.3 is 15.1 Å². The molecule has 1 atom stereocenters. The Balaban J connectivity index is 1.71. The topological polar surface area (TPSA) is 126 Å². The summed E-state index contributed by atoms with van der Waals surface area (Å²) in [4.78, 5) is 23.6.